The average molecular weight is 452 g/mol. The Labute approximate surface area is 184 Å². The van der Waals surface area contributed by atoms with Gasteiger partial charge in [0.15, 0.2) is 0 Å². The molecule has 0 saturated heterocycles. The predicted molar refractivity (Wildman–Crippen MR) is 120 cm³/mol. The van der Waals surface area contributed by atoms with Gasteiger partial charge in [-0.25, -0.2) is 0 Å². The number of hydrogen-bond donors (Lipinski definition) is 2. The van der Waals surface area contributed by atoms with E-state index < -0.39 is 0 Å². The minimum atomic E-state index is -0.150. The molecule has 0 amide bonds. The number of aromatic nitrogens is 1. The standard InChI is InChI=1S/C22H21Cl3N2O2/c23-15-7-13(8-16(24)10-15)12-27-17-1-3-18(4-2-17)29-21-9-14-5-6-26-22(28)19(14)11-20(21)25/h5-11,17-18,27H,1-4,12H2,(H,26,28)/t17-,18+. The Morgan fingerprint density at radius 1 is 1.00 bits per heavy atom. The van der Waals surface area contributed by atoms with Gasteiger partial charge in [-0.15, -0.1) is 0 Å². The molecule has 0 bridgehead atoms. The summed E-state index contributed by atoms with van der Waals surface area (Å²) in [6, 6.07) is 11.4. The summed E-state index contributed by atoms with van der Waals surface area (Å²) >= 11 is 18.5. The summed E-state index contributed by atoms with van der Waals surface area (Å²) in [4.78, 5) is 14.6. The number of fused-ring (bicyclic) bond motifs is 1. The number of ether oxygens (including phenoxy) is 1. The first-order chi connectivity index (χ1) is 14.0. The van der Waals surface area contributed by atoms with Crippen molar-refractivity contribution in [3.8, 4) is 5.75 Å². The molecule has 1 aromatic heterocycles. The zero-order chi connectivity index (χ0) is 20.4. The van der Waals surface area contributed by atoms with Crippen molar-refractivity contribution in [3.05, 3.63) is 73.6 Å². The fourth-order valence-corrected chi connectivity index (χ4v) is 4.60. The Morgan fingerprint density at radius 2 is 1.72 bits per heavy atom. The maximum absolute atomic E-state index is 11.9. The van der Waals surface area contributed by atoms with Crippen LogP contribution >= 0.6 is 34.8 Å². The quantitative estimate of drug-likeness (QED) is 0.502. The summed E-state index contributed by atoms with van der Waals surface area (Å²) in [6.45, 7) is 0.738. The first-order valence-electron chi connectivity index (χ1n) is 9.64. The monoisotopic (exact) mass is 450 g/mol. The number of pyridine rings is 1. The Balaban J connectivity index is 1.33. The van der Waals surface area contributed by atoms with Crippen LogP contribution in [0.25, 0.3) is 10.8 Å². The van der Waals surface area contributed by atoms with Crippen LogP contribution in [0.1, 0.15) is 31.2 Å². The largest absolute Gasteiger partial charge is 0.489 e. The van der Waals surface area contributed by atoms with Crippen LogP contribution < -0.4 is 15.6 Å². The number of nitrogens with one attached hydrogen (secondary N) is 2. The van der Waals surface area contributed by atoms with E-state index in [4.69, 9.17) is 39.5 Å². The molecule has 2 aromatic carbocycles. The van der Waals surface area contributed by atoms with Crippen molar-refractivity contribution in [2.75, 3.05) is 0 Å². The highest BCUT2D eigenvalue weighted by Crippen LogP contribution is 2.32. The van der Waals surface area contributed by atoms with Crippen molar-refractivity contribution in [2.45, 2.75) is 44.4 Å². The van der Waals surface area contributed by atoms with E-state index in [9.17, 15) is 4.79 Å². The Morgan fingerprint density at radius 3 is 2.45 bits per heavy atom. The van der Waals surface area contributed by atoms with Crippen molar-refractivity contribution in [1.29, 1.82) is 0 Å². The number of benzene rings is 2. The van der Waals surface area contributed by atoms with Gasteiger partial charge < -0.3 is 15.0 Å². The molecule has 29 heavy (non-hydrogen) atoms. The lowest BCUT2D eigenvalue weighted by Gasteiger charge is -2.30. The third-order valence-electron chi connectivity index (χ3n) is 5.31. The van der Waals surface area contributed by atoms with Gasteiger partial charge in [0, 0.05) is 34.2 Å². The molecule has 1 aliphatic rings. The summed E-state index contributed by atoms with van der Waals surface area (Å²) in [5.74, 6) is 0.634. The van der Waals surface area contributed by atoms with E-state index in [2.05, 4.69) is 10.3 Å². The zero-order valence-electron chi connectivity index (χ0n) is 15.7. The first kappa shape index (κ1) is 20.5. The highest BCUT2D eigenvalue weighted by atomic mass is 35.5. The van der Waals surface area contributed by atoms with Crippen molar-refractivity contribution in [3.63, 3.8) is 0 Å². The molecule has 0 unspecified atom stereocenters. The van der Waals surface area contributed by atoms with Crippen molar-refractivity contribution in [1.82, 2.24) is 10.3 Å². The number of H-pyrrole nitrogens is 1. The molecule has 0 aliphatic heterocycles. The molecule has 1 aliphatic carbocycles. The lowest BCUT2D eigenvalue weighted by atomic mass is 9.92. The predicted octanol–water partition coefficient (Wildman–Crippen LogP) is 5.97. The van der Waals surface area contributed by atoms with Gasteiger partial charge in [-0.1, -0.05) is 34.8 Å². The van der Waals surface area contributed by atoms with Crippen LogP contribution in [0.2, 0.25) is 15.1 Å². The Bertz CT molecular complexity index is 1060. The van der Waals surface area contributed by atoms with Crippen molar-refractivity contribution in [2.24, 2.45) is 0 Å². The molecule has 1 saturated carbocycles. The van der Waals surface area contributed by atoms with Crippen molar-refractivity contribution < 1.29 is 4.74 Å². The molecule has 4 rings (SSSR count). The van der Waals surface area contributed by atoms with Gasteiger partial charge in [-0.05, 0) is 73.0 Å². The van der Waals surface area contributed by atoms with Crippen molar-refractivity contribution >= 4 is 45.6 Å². The minimum absolute atomic E-state index is 0.116. The summed E-state index contributed by atoms with van der Waals surface area (Å²) in [7, 11) is 0. The summed E-state index contributed by atoms with van der Waals surface area (Å²) < 4.78 is 6.17. The Hall–Kier alpha value is -1.72. The SMILES string of the molecule is O=c1[nH]ccc2cc(O[C@H]3CC[C@@H](NCc4cc(Cl)cc(Cl)c4)CC3)c(Cl)cc12. The molecule has 0 atom stereocenters. The number of rotatable bonds is 5. The molecule has 0 spiro atoms. The van der Waals surface area contributed by atoms with Crippen LogP contribution in [0.3, 0.4) is 0 Å². The molecular formula is C22H21Cl3N2O2. The lowest BCUT2D eigenvalue weighted by Crippen LogP contribution is -2.36. The molecule has 152 valence electrons. The molecule has 4 nitrogen and oxygen atoms in total. The molecular weight excluding hydrogens is 431 g/mol. The van der Waals surface area contributed by atoms with Gasteiger partial charge >= 0.3 is 0 Å². The molecule has 1 heterocycles. The summed E-state index contributed by atoms with van der Waals surface area (Å²) in [5, 5.41) is 6.74. The number of hydrogen-bond acceptors (Lipinski definition) is 3. The lowest BCUT2D eigenvalue weighted by molar-refractivity contribution is 0.139. The smallest absolute Gasteiger partial charge is 0.255 e. The van der Waals surface area contributed by atoms with E-state index in [1.807, 2.05) is 24.3 Å². The maximum atomic E-state index is 11.9. The molecule has 0 radical (unpaired) electrons. The van der Waals surface area contributed by atoms with Gasteiger partial charge in [-0.2, -0.15) is 0 Å². The van der Waals surface area contributed by atoms with Crippen LogP contribution in [0.4, 0.5) is 0 Å². The fourth-order valence-electron chi connectivity index (χ4n) is 3.82. The van der Waals surface area contributed by atoms with E-state index in [-0.39, 0.29) is 11.7 Å². The molecule has 7 heteroatoms. The molecule has 2 N–H and O–H groups in total. The van der Waals surface area contributed by atoms with Gasteiger partial charge in [-0.3, -0.25) is 4.79 Å². The van der Waals surface area contributed by atoms with E-state index in [1.54, 1.807) is 18.3 Å². The number of aromatic amines is 1. The van der Waals surface area contributed by atoms with Crippen LogP contribution in [0.15, 0.2) is 47.4 Å². The second-order valence-corrected chi connectivity index (χ2v) is 8.71. The third-order valence-corrected chi connectivity index (χ3v) is 6.04. The zero-order valence-corrected chi connectivity index (χ0v) is 17.9. The van der Waals surface area contributed by atoms with Crippen LogP contribution in [-0.2, 0) is 6.54 Å². The van der Waals surface area contributed by atoms with Gasteiger partial charge in [0.2, 0.25) is 0 Å². The summed E-state index contributed by atoms with van der Waals surface area (Å²) in [6.07, 6.45) is 5.67. The van der Waals surface area contributed by atoms with Crippen LogP contribution in [0, 0.1) is 0 Å². The van der Waals surface area contributed by atoms with E-state index in [0.717, 1.165) is 43.2 Å². The third kappa shape index (κ3) is 5.07. The normalized spacial score (nSPS) is 19.4. The minimum Gasteiger partial charge on any atom is -0.489 e. The summed E-state index contributed by atoms with van der Waals surface area (Å²) in [5.41, 5.74) is 0.933. The molecule has 1 fully saturated rings. The second kappa shape index (κ2) is 8.97. The van der Waals surface area contributed by atoms with Crippen LogP contribution in [0.5, 0.6) is 5.75 Å². The van der Waals surface area contributed by atoms with Gasteiger partial charge in [0.25, 0.3) is 5.56 Å². The average Bonchev–Trinajstić information content (AvgIpc) is 2.68. The van der Waals surface area contributed by atoms with Crippen LogP contribution in [-0.4, -0.2) is 17.1 Å². The Kier molecular flexibility index (Phi) is 6.35. The van der Waals surface area contributed by atoms with Gasteiger partial charge in [0.1, 0.15) is 5.75 Å². The first-order valence-corrected chi connectivity index (χ1v) is 10.8. The topological polar surface area (TPSA) is 54.1 Å². The van der Waals surface area contributed by atoms with E-state index in [1.165, 1.54) is 0 Å². The number of halogens is 3. The van der Waals surface area contributed by atoms with E-state index in [0.29, 0.717) is 32.2 Å². The fraction of sp³-hybridized carbons (Fsp3) is 0.318. The maximum Gasteiger partial charge on any atom is 0.255 e. The highest BCUT2D eigenvalue weighted by molar-refractivity contribution is 6.34. The van der Waals surface area contributed by atoms with E-state index >= 15 is 0 Å². The second-order valence-electron chi connectivity index (χ2n) is 7.43. The van der Waals surface area contributed by atoms with Gasteiger partial charge in [0.05, 0.1) is 11.1 Å². The molecule has 3 aromatic rings. The highest BCUT2D eigenvalue weighted by Gasteiger charge is 2.23.